The number of ether oxygens (including phenoxy) is 1. The minimum Gasteiger partial charge on any atom is -0.497 e. The minimum absolute atomic E-state index is 0.113. The molecule has 27 heavy (non-hydrogen) atoms. The first-order valence-corrected chi connectivity index (χ1v) is 9.75. The van der Waals surface area contributed by atoms with E-state index in [4.69, 9.17) is 16.3 Å². The van der Waals surface area contributed by atoms with Crippen LogP contribution in [0.15, 0.2) is 48.5 Å². The van der Waals surface area contributed by atoms with E-state index in [2.05, 4.69) is 22.3 Å². The van der Waals surface area contributed by atoms with Crippen LogP contribution in [0.2, 0.25) is 5.02 Å². The third-order valence-electron chi connectivity index (χ3n) is 4.92. The molecule has 1 fully saturated rings. The Labute approximate surface area is 165 Å². The van der Waals surface area contributed by atoms with E-state index in [-0.39, 0.29) is 5.91 Å². The van der Waals surface area contributed by atoms with Crippen LogP contribution in [-0.2, 0) is 11.2 Å². The normalized spacial score (nSPS) is 14.8. The molecule has 0 saturated carbocycles. The number of nitrogens with zero attached hydrogens (tertiary/aromatic N) is 1. The van der Waals surface area contributed by atoms with Crippen LogP contribution >= 0.6 is 11.6 Å². The zero-order chi connectivity index (χ0) is 19.1. The number of carbonyl (C=O) groups excluding carboxylic acids is 1. The monoisotopic (exact) mass is 388 g/mol. The van der Waals surface area contributed by atoms with Gasteiger partial charge in [0, 0.05) is 23.3 Å². The van der Waals surface area contributed by atoms with Crippen molar-refractivity contribution in [2.75, 3.05) is 51.3 Å². The smallest absolute Gasteiger partial charge is 0.275 e. The zero-order valence-corrected chi connectivity index (χ0v) is 16.5. The number of benzene rings is 2. The van der Waals surface area contributed by atoms with E-state index in [0.717, 1.165) is 48.9 Å². The number of methoxy groups -OCH3 is 1. The molecule has 2 aromatic carbocycles. The maximum absolute atomic E-state index is 12.2. The average molecular weight is 389 g/mol. The second-order valence-electron chi connectivity index (χ2n) is 6.85. The number of amides is 1. The highest BCUT2D eigenvalue weighted by atomic mass is 35.5. The molecular weight excluding hydrogens is 362 g/mol. The van der Waals surface area contributed by atoms with E-state index in [1.54, 1.807) is 7.11 Å². The zero-order valence-electron chi connectivity index (χ0n) is 15.7. The molecule has 5 nitrogen and oxygen atoms in total. The first-order chi connectivity index (χ1) is 13.1. The van der Waals surface area contributed by atoms with Gasteiger partial charge in [-0.2, -0.15) is 0 Å². The Balaban J connectivity index is 1.39. The summed E-state index contributed by atoms with van der Waals surface area (Å²) in [5, 5.41) is 3.76. The molecule has 2 aromatic rings. The van der Waals surface area contributed by atoms with Gasteiger partial charge in [-0.05, 0) is 36.2 Å². The molecule has 3 rings (SSSR count). The minimum atomic E-state index is 0.113. The molecule has 0 spiro atoms. The van der Waals surface area contributed by atoms with Gasteiger partial charge in [0.15, 0.2) is 6.54 Å². The molecule has 0 aliphatic carbocycles. The second kappa shape index (κ2) is 9.62. The van der Waals surface area contributed by atoms with Crippen molar-refractivity contribution in [2.24, 2.45) is 0 Å². The second-order valence-corrected chi connectivity index (χ2v) is 7.28. The molecule has 0 atom stereocenters. The predicted octanol–water partition coefficient (Wildman–Crippen LogP) is 1.41. The Morgan fingerprint density at radius 1 is 1.19 bits per heavy atom. The van der Waals surface area contributed by atoms with E-state index in [1.165, 1.54) is 10.6 Å². The van der Waals surface area contributed by atoms with Gasteiger partial charge in [-0.25, -0.2) is 0 Å². The molecular formula is C21H27ClN3O2+. The van der Waals surface area contributed by atoms with Crippen molar-refractivity contribution in [3.63, 3.8) is 0 Å². The lowest BCUT2D eigenvalue weighted by Gasteiger charge is -2.33. The summed E-state index contributed by atoms with van der Waals surface area (Å²) in [7, 11) is 1.69. The quantitative estimate of drug-likeness (QED) is 0.754. The number of rotatable bonds is 7. The molecule has 144 valence electrons. The van der Waals surface area contributed by atoms with Crippen molar-refractivity contribution in [2.45, 2.75) is 6.42 Å². The summed E-state index contributed by atoms with van der Waals surface area (Å²) in [6.45, 7) is 4.97. The molecule has 2 N–H and O–H groups in total. The predicted molar refractivity (Wildman–Crippen MR) is 109 cm³/mol. The summed E-state index contributed by atoms with van der Waals surface area (Å²) in [5.41, 5.74) is 2.32. The fourth-order valence-corrected chi connectivity index (χ4v) is 3.61. The van der Waals surface area contributed by atoms with E-state index >= 15 is 0 Å². The van der Waals surface area contributed by atoms with Crippen LogP contribution in [0.4, 0.5) is 5.69 Å². The summed E-state index contributed by atoms with van der Waals surface area (Å²) < 4.78 is 5.30. The lowest BCUT2D eigenvalue weighted by molar-refractivity contribution is -0.892. The molecule has 6 heteroatoms. The number of piperazine rings is 1. The molecule has 1 amide bonds. The number of hydrogen-bond donors (Lipinski definition) is 2. The van der Waals surface area contributed by atoms with Gasteiger partial charge in [-0.15, -0.1) is 0 Å². The van der Waals surface area contributed by atoms with Crippen molar-refractivity contribution in [1.82, 2.24) is 5.32 Å². The highest BCUT2D eigenvalue weighted by Gasteiger charge is 2.22. The lowest BCUT2D eigenvalue weighted by Crippen LogP contribution is -3.16. The largest absolute Gasteiger partial charge is 0.497 e. The summed E-state index contributed by atoms with van der Waals surface area (Å²) in [4.78, 5) is 15.9. The van der Waals surface area contributed by atoms with Crippen LogP contribution in [0.3, 0.4) is 0 Å². The summed E-state index contributed by atoms with van der Waals surface area (Å²) in [5.74, 6) is 0.989. The van der Waals surface area contributed by atoms with E-state index in [0.29, 0.717) is 13.1 Å². The molecule has 1 saturated heterocycles. The van der Waals surface area contributed by atoms with Gasteiger partial charge in [-0.1, -0.05) is 29.8 Å². The highest BCUT2D eigenvalue weighted by Crippen LogP contribution is 2.20. The van der Waals surface area contributed by atoms with Crippen LogP contribution in [0.5, 0.6) is 5.75 Å². The SMILES string of the molecule is COc1cccc(N2CC[NH+](CC(=O)NCCc3cccc(Cl)c3)CC2)c1. The number of anilines is 1. The molecule has 0 aromatic heterocycles. The standard InChI is InChI=1S/C21H26ClN3O2/c1-27-20-7-3-6-19(15-20)25-12-10-24(11-13-25)16-21(26)23-9-8-17-4-2-5-18(22)14-17/h2-7,14-15H,8-13,16H2,1H3,(H,23,26)/p+1. The molecule has 0 radical (unpaired) electrons. The van der Waals surface area contributed by atoms with E-state index in [1.807, 2.05) is 36.4 Å². The fraction of sp³-hybridized carbons (Fsp3) is 0.381. The summed E-state index contributed by atoms with van der Waals surface area (Å²) in [6.07, 6.45) is 0.797. The first-order valence-electron chi connectivity index (χ1n) is 9.38. The van der Waals surface area contributed by atoms with E-state index in [9.17, 15) is 4.79 Å². The van der Waals surface area contributed by atoms with Gasteiger partial charge < -0.3 is 19.9 Å². The number of quaternary nitrogens is 1. The van der Waals surface area contributed by atoms with Crippen LogP contribution in [0.1, 0.15) is 5.56 Å². The van der Waals surface area contributed by atoms with Gasteiger partial charge in [0.05, 0.1) is 33.3 Å². The van der Waals surface area contributed by atoms with Gasteiger partial charge >= 0.3 is 0 Å². The Morgan fingerprint density at radius 3 is 2.70 bits per heavy atom. The molecule has 1 aliphatic rings. The Morgan fingerprint density at radius 2 is 1.96 bits per heavy atom. The first kappa shape index (κ1) is 19.5. The van der Waals surface area contributed by atoms with Gasteiger partial charge in [0.25, 0.3) is 5.91 Å². The summed E-state index contributed by atoms with van der Waals surface area (Å²) in [6, 6.07) is 15.9. The van der Waals surface area contributed by atoms with Crippen molar-refractivity contribution in [1.29, 1.82) is 0 Å². The third-order valence-corrected chi connectivity index (χ3v) is 5.16. The number of carbonyl (C=O) groups is 1. The van der Waals surface area contributed by atoms with Crippen LogP contribution in [0, 0.1) is 0 Å². The summed E-state index contributed by atoms with van der Waals surface area (Å²) >= 11 is 5.99. The van der Waals surface area contributed by atoms with Crippen molar-refractivity contribution < 1.29 is 14.4 Å². The molecule has 1 heterocycles. The van der Waals surface area contributed by atoms with Crippen molar-refractivity contribution in [3.05, 3.63) is 59.1 Å². The van der Waals surface area contributed by atoms with Crippen molar-refractivity contribution in [3.8, 4) is 5.75 Å². The third kappa shape index (κ3) is 5.88. The maximum atomic E-state index is 12.2. The fourth-order valence-electron chi connectivity index (χ4n) is 3.39. The van der Waals surface area contributed by atoms with Gasteiger partial charge in [0.1, 0.15) is 5.75 Å². The highest BCUT2D eigenvalue weighted by molar-refractivity contribution is 6.30. The van der Waals surface area contributed by atoms with Gasteiger partial charge in [-0.3, -0.25) is 4.79 Å². The Hall–Kier alpha value is -2.24. The average Bonchev–Trinajstić information content (AvgIpc) is 2.69. The van der Waals surface area contributed by atoms with Crippen LogP contribution in [-0.4, -0.2) is 52.3 Å². The maximum Gasteiger partial charge on any atom is 0.275 e. The molecule has 1 aliphatic heterocycles. The topological polar surface area (TPSA) is 46.0 Å². The Kier molecular flexibility index (Phi) is 6.96. The van der Waals surface area contributed by atoms with Gasteiger partial charge in [0.2, 0.25) is 0 Å². The van der Waals surface area contributed by atoms with Crippen LogP contribution in [0.25, 0.3) is 0 Å². The van der Waals surface area contributed by atoms with Crippen molar-refractivity contribution >= 4 is 23.2 Å². The lowest BCUT2D eigenvalue weighted by atomic mass is 10.1. The molecule has 0 bridgehead atoms. The number of halogens is 1. The van der Waals surface area contributed by atoms with E-state index < -0.39 is 0 Å². The Bertz CT molecular complexity index is 761. The number of nitrogens with one attached hydrogen (secondary N) is 2. The molecule has 0 unspecified atom stereocenters. The number of hydrogen-bond acceptors (Lipinski definition) is 3. The van der Waals surface area contributed by atoms with Crippen LogP contribution < -0.4 is 19.9 Å².